The number of hydrogen-bond donors (Lipinski definition) is 1. The van der Waals surface area contributed by atoms with Crippen LogP contribution in [0.4, 0.5) is 0 Å². The van der Waals surface area contributed by atoms with E-state index in [2.05, 4.69) is 10.0 Å². The molecule has 3 rings (SSSR count). The number of carbonyl (C=O) groups is 2. The van der Waals surface area contributed by atoms with E-state index >= 15 is 0 Å². The maximum Gasteiger partial charge on any atom is 0.330 e. The van der Waals surface area contributed by atoms with Gasteiger partial charge in [0, 0.05) is 10.5 Å². The van der Waals surface area contributed by atoms with Gasteiger partial charge in [0.05, 0.1) is 16.5 Å². The molecule has 2 aromatic rings. The molecule has 0 saturated carbocycles. The molecule has 7 nitrogen and oxygen atoms in total. The molecule has 3 unspecified atom stereocenters. The number of Topliss-reactive ketones (excluding diaryl/α,β-unsaturated/α-hetero) is 1. The molecular weight excluding hydrogens is 451 g/mol. The van der Waals surface area contributed by atoms with E-state index < -0.39 is 22.7 Å². The smallest absolute Gasteiger partial charge is 0.330 e. The zero-order valence-corrected chi connectivity index (χ0v) is 19.0. The number of nitrogens with zero attached hydrogens (tertiary/aromatic N) is 4. The van der Waals surface area contributed by atoms with Gasteiger partial charge in [-0.3, -0.25) is 4.79 Å². The number of rotatable bonds is 7. The fourth-order valence-electron chi connectivity index (χ4n) is 4.06. The predicted octanol–water partition coefficient (Wildman–Crippen LogP) is 5.30. The lowest BCUT2D eigenvalue weighted by atomic mass is 9.95. The van der Waals surface area contributed by atoms with Crippen LogP contribution in [-0.4, -0.2) is 40.1 Å². The van der Waals surface area contributed by atoms with E-state index in [0.717, 1.165) is 5.56 Å². The summed E-state index contributed by atoms with van der Waals surface area (Å²) in [6.07, 6.45) is 0.963. The first-order chi connectivity index (χ1) is 15.3. The quantitative estimate of drug-likeness (QED) is 0.255. The fourth-order valence-corrected chi connectivity index (χ4v) is 4.36. The zero-order chi connectivity index (χ0) is 23.3. The van der Waals surface area contributed by atoms with Crippen molar-refractivity contribution in [3.05, 3.63) is 86.2 Å². The summed E-state index contributed by atoms with van der Waals surface area (Å²) < 4.78 is -0.533. The molecule has 0 spiro atoms. The minimum Gasteiger partial charge on any atom is -0.344 e. The van der Waals surface area contributed by atoms with Crippen molar-refractivity contribution in [1.29, 1.82) is 0 Å². The normalized spacial score (nSPS) is 21.8. The summed E-state index contributed by atoms with van der Waals surface area (Å²) in [5.41, 5.74) is 11.1. The average molecular weight is 474 g/mol. The van der Waals surface area contributed by atoms with Gasteiger partial charge < -0.3 is 5.11 Å². The number of carbonyl (C=O) groups excluding carboxylic acids is 2. The molecule has 0 radical (unpaired) electrons. The molecule has 1 aliphatic rings. The number of quaternary nitrogens is 1. The number of amides is 1. The minimum atomic E-state index is -1.26. The van der Waals surface area contributed by atoms with Crippen LogP contribution in [0, 0.1) is 0 Å². The lowest BCUT2D eigenvalue weighted by molar-refractivity contribution is -0.898. The predicted molar refractivity (Wildman–Crippen MR) is 124 cm³/mol. The van der Waals surface area contributed by atoms with Gasteiger partial charge in [0.1, 0.15) is 13.1 Å². The number of aliphatic hydroxyl groups excluding tert-OH is 1. The van der Waals surface area contributed by atoms with Crippen molar-refractivity contribution in [2.75, 3.05) is 6.54 Å². The maximum absolute atomic E-state index is 14.0. The first-order valence-corrected chi connectivity index (χ1v) is 10.9. The van der Waals surface area contributed by atoms with E-state index in [0.29, 0.717) is 27.6 Å². The molecule has 166 valence electrons. The van der Waals surface area contributed by atoms with Crippen molar-refractivity contribution in [3.8, 4) is 0 Å². The summed E-state index contributed by atoms with van der Waals surface area (Å²) in [4.78, 5) is 29.2. The standard InChI is InChI=1S/C23H23Cl2N4O3/c1-2-6-18(16-9-10-19(24)20(25)11-16)22(27-28-26)23(32)29(14-17(30)12-21(29)31)13-15-7-4-3-5-8-15/h3-11,21-22,31H,2,12-14H2,1H3/q+1. The van der Waals surface area contributed by atoms with Crippen molar-refractivity contribution in [3.63, 3.8) is 0 Å². The lowest BCUT2D eigenvalue weighted by Crippen LogP contribution is -2.59. The third-order valence-corrected chi connectivity index (χ3v) is 6.30. The number of benzene rings is 2. The molecule has 1 heterocycles. The molecule has 2 aromatic carbocycles. The highest BCUT2D eigenvalue weighted by Gasteiger charge is 2.54. The molecule has 0 aromatic heterocycles. The highest BCUT2D eigenvalue weighted by atomic mass is 35.5. The third-order valence-electron chi connectivity index (χ3n) is 5.56. The Balaban J connectivity index is 2.12. The minimum absolute atomic E-state index is 0.102. The van der Waals surface area contributed by atoms with Crippen LogP contribution in [0.15, 0.2) is 59.7 Å². The summed E-state index contributed by atoms with van der Waals surface area (Å²) >= 11 is 12.2. The Hall–Kier alpha value is -2.67. The molecule has 9 heteroatoms. The maximum atomic E-state index is 14.0. The Morgan fingerprint density at radius 3 is 2.56 bits per heavy atom. The molecule has 32 heavy (non-hydrogen) atoms. The van der Waals surface area contributed by atoms with Gasteiger partial charge in [0.25, 0.3) is 0 Å². The molecule has 1 N–H and O–H groups in total. The Morgan fingerprint density at radius 2 is 2.00 bits per heavy atom. The van der Waals surface area contributed by atoms with Gasteiger partial charge >= 0.3 is 5.91 Å². The van der Waals surface area contributed by atoms with Crippen molar-refractivity contribution in [2.45, 2.75) is 38.6 Å². The molecule has 0 bridgehead atoms. The number of aliphatic hydroxyl groups is 1. The van der Waals surface area contributed by atoms with Gasteiger partial charge in [-0.2, -0.15) is 0 Å². The van der Waals surface area contributed by atoms with Crippen LogP contribution in [0.25, 0.3) is 16.0 Å². The van der Waals surface area contributed by atoms with Gasteiger partial charge in [0.2, 0.25) is 6.23 Å². The van der Waals surface area contributed by atoms with Crippen molar-refractivity contribution in [1.82, 2.24) is 0 Å². The van der Waals surface area contributed by atoms with Gasteiger partial charge in [-0.15, -0.1) is 0 Å². The molecule has 1 amide bonds. The second-order valence-electron chi connectivity index (χ2n) is 7.70. The molecule has 1 saturated heterocycles. The van der Waals surface area contributed by atoms with Crippen molar-refractivity contribution >= 4 is 40.5 Å². The van der Waals surface area contributed by atoms with Crippen LogP contribution in [0.1, 0.15) is 30.9 Å². The van der Waals surface area contributed by atoms with E-state index in [9.17, 15) is 20.2 Å². The number of halogens is 2. The van der Waals surface area contributed by atoms with Gasteiger partial charge in [-0.25, -0.2) is 9.28 Å². The number of ketones is 1. The summed E-state index contributed by atoms with van der Waals surface area (Å²) in [5, 5.41) is 15.3. The molecule has 1 fully saturated rings. The van der Waals surface area contributed by atoms with Crippen molar-refractivity contribution in [2.24, 2.45) is 5.11 Å². The van der Waals surface area contributed by atoms with Crippen LogP contribution in [0.3, 0.4) is 0 Å². The summed E-state index contributed by atoms with van der Waals surface area (Å²) in [7, 11) is 0. The fraction of sp³-hybridized carbons (Fsp3) is 0.304. The van der Waals surface area contributed by atoms with Gasteiger partial charge in [-0.1, -0.05) is 77.7 Å². The molecule has 3 atom stereocenters. The van der Waals surface area contributed by atoms with Crippen LogP contribution in [-0.2, 0) is 16.1 Å². The summed E-state index contributed by atoms with van der Waals surface area (Å²) in [6.45, 7) is 1.82. The van der Waals surface area contributed by atoms with Gasteiger partial charge in [-0.05, 0) is 35.2 Å². The number of azide groups is 1. The van der Waals surface area contributed by atoms with Crippen LogP contribution >= 0.6 is 23.2 Å². The monoisotopic (exact) mass is 473 g/mol. The SMILES string of the molecule is CCC=C(c1ccc(Cl)c(Cl)c1)C(N=[N+]=[N-])C(=O)[N+]1(Cc2ccccc2)CC(=O)CC1O. The highest BCUT2D eigenvalue weighted by molar-refractivity contribution is 6.42. The Kier molecular flexibility index (Phi) is 7.72. The zero-order valence-electron chi connectivity index (χ0n) is 17.5. The van der Waals surface area contributed by atoms with Crippen LogP contribution in [0.2, 0.25) is 10.0 Å². The third kappa shape index (κ3) is 4.88. The summed E-state index contributed by atoms with van der Waals surface area (Å²) in [5.74, 6) is -0.771. The number of allylic oxidation sites excluding steroid dienone is 1. The second-order valence-corrected chi connectivity index (χ2v) is 8.52. The molecular formula is C23H23Cl2N4O3+. The summed E-state index contributed by atoms with van der Waals surface area (Å²) in [6, 6.07) is 12.8. The van der Waals surface area contributed by atoms with Crippen molar-refractivity contribution < 1.29 is 19.2 Å². The molecule has 1 aliphatic heterocycles. The second kappa shape index (κ2) is 10.3. The Bertz CT molecular complexity index is 1100. The highest BCUT2D eigenvalue weighted by Crippen LogP contribution is 2.35. The van der Waals surface area contributed by atoms with E-state index in [-0.39, 0.29) is 25.3 Å². The van der Waals surface area contributed by atoms with E-state index in [1.165, 1.54) is 0 Å². The average Bonchev–Trinajstić information content (AvgIpc) is 3.06. The van der Waals surface area contributed by atoms with E-state index in [4.69, 9.17) is 23.2 Å². The number of likely N-dealkylation sites (tertiary alicyclic amines) is 1. The van der Waals surface area contributed by atoms with E-state index in [1.54, 1.807) is 24.3 Å². The Labute approximate surface area is 196 Å². The molecule has 0 aliphatic carbocycles. The first-order valence-electron chi connectivity index (χ1n) is 10.2. The van der Waals surface area contributed by atoms with Crippen LogP contribution < -0.4 is 0 Å². The largest absolute Gasteiger partial charge is 0.344 e. The first kappa shape index (κ1) is 24.0. The van der Waals surface area contributed by atoms with Gasteiger partial charge in [0.15, 0.2) is 11.8 Å². The Morgan fingerprint density at radius 1 is 1.28 bits per heavy atom. The van der Waals surface area contributed by atoms with E-state index in [1.807, 2.05) is 37.3 Å². The topological polar surface area (TPSA) is 103 Å². The number of hydrogen-bond acceptors (Lipinski definition) is 4. The lowest BCUT2D eigenvalue weighted by Gasteiger charge is -2.36. The van der Waals surface area contributed by atoms with Crippen LogP contribution in [0.5, 0.6) is 0 Å².